The highest BCUT2D eigenvalue weighted by Crippen LogP contribution is 2.35. The second-order valence-corrected chi connectivity index (χ2v) is 9.64. The molecule has 2 amide bonds. The van der Waals surface area contributed by atoms with Crippen LogP contribution in [0.1, 0.15) is 61.7 Å². The lowest BCUT2D eigenvalue weighted by Gasteiger charge is -2.44. The smallest absolute Gasteiger partial charge is 0.271 e. The van der Waals surface area contributed by atoms with Gasteiger partial charge in [0.25, 0.3) is 5.91 Å². The Morgan fingerprint density at radius 3 is 2.80 bits per heavy atom. The Balaban J connectivity index is 1.51. The number of aromatic nitrogens is 1. The zero-order chi connectivity index (χ0) is 20.7. The third-order valence-electron chi connectivity index (χ3n) is 6.62. The van der Waals surface area contributed by atoms with Gasteiger partial charge in [0, 0.05) is 6.04 Å². The van der Waals surface area contributed by atoms with E-state index in [1.807, 2.05) is 41.1 Å². The first-order valence-electron chi connectivity index (χ1n) is 10.8. The molecule has 1 fully saturated rings. The molecule has 0 aromatic carbocycles. The summed E-state index contributed by atoms with van der Waals surface area (Å²) in [7, 11) is 0. The van der Waals surface area contributed by atoms with Gasteiger partial charge in [-0.25, -0.2) is 0 Å². The van der Waals surface area contributed by atoms with Crippen LogP contribution in [0.25, 0.3) is 10.2 Å². The van der Waals surface area contributed by atoms with Gasteiger partial charge in [0.15, 0.2) is 0 Å². The van der Waals surface area contributed by atoms with Crippen molar-refractivity contribution in [3.63, 3.8) is 0 Å². The van der Waals surface area contributed by atoms with Crippen molar-refractivity contribution in [2.24, 2.45) is 0 Å². The predicted molar refractivity (Wildman–Crippen MR) is 116 cm³/mol. The fourth-order valence-corrected chi connectivity index (χ4v) is 5.67. The third-order valence-corrected chi connectivity index (χ3v) is 7.48. The minimum absolute atomic E-state index is 0.0722. The topological polar surface area (TPSA) is 67.5 Å². The van der Waals surface area contributed by atoms with Crippen molar-refractivity contribution in [1.29, 1.82) is 0 Å². The van der Waals surface area contributed by atoms with Gasteiger partial charge < -0.3 is 19.2 Å². The molecule has 158 valence electrons. The summed E-state index contributed by atoms with van der Waals surface area (Å²) in [6, 6.07) is 7.82. The van der Waals surface area contributed by atoms with Crippen LogP contribution in [0.5, 0.6) is 0 Å². The van der Waals surface area contributed by atoms with E-state index >= 15 is 0 Å². The lowest BCUT2D eigenvalue weighted by molar-refractivity contribution is -0.134. The minimum atomic E-state index is -0.989. The maximum atomic E-state index is 13.6. The zero-order valence-corrected chi connectivity index (χ0v) is 18.0. The minimum Gasteiger partial charge on any atom is -0.467 e. The monoisotopic (exact) mass is 425 g/mol. The van der Waals surface area contributed by atoms with Crippen LogP contribution in [0, 0.1) is 0 Å². The molecule has 5 rings (SSSR count). The Bertz CT molecular complexity index is 1060. The first kappa shape index (κ1) is 19.4. The number of hydrogen-bond acceptors (Lipinski definition) is 4. The van der Waals surface area contributed by atoms with Crippen LogP contribution >= 0.6 is 11.3 Å². The molecule has 7 heteroatoms. The summed E-state index contributed by atoms with van der Waals surface area (Å²) in [4.78, 5) is 28.9. The molecule has 6 nitrogen and oxygen atoms in total. The van der Waals surface area contributed by atoms with Gasteiger partial charge in [0.05, 0.1) is 29.6 Å². The highest BCUT2D eigenvalue weighted by atomic mass is 32.1. The van der Waals surface area contributed by atoms with E-state index in [1.165, 1.54) is 12.8 Å². The van der Waals surface area contributed by atoms with Crippen molar-refractivity contribution in [3.8, 4) is 0 Å². The molecular formula is C23H27N3O3S. The maximum Gasteiger partial charge on any atom is 0.271 e. The average molecular weight is 426 g/mol. The SMILES string of the molecule is C[C@@]1(C(=O)NC2CCCCCC2)Cn2c(cc3sccc32)C(=O)N1Cc1ccco1. The molecule has 3 aromatic rings. The van der Waals surface area contributed by atoms with E-state index in [2.05, 4.69) is 5.32 Å². The Morgan fingerprint density at radius 2 is 2.07 bits per heavy atom. The van der Waals surface area contributed by atoms with Crippen molar-refractivity contribution in [1.82, 2.24) is 14.8 Å². The number of amides is 2. The number of rotatable bonds is 4. The van der Waals surface area contributed by atoms with Crippen LogP contribution in [0.2, 0.25) is 0 Å². The summed E-state index contributed by atoms with van der Waals surface area (Å²) in [6.07, 6.45) is 8.38. The fourth-order valence-electron chi connectivity index (χ4n) is 4.84. The summed E-state index contributed by atoms with van der Waals surface area (Å²) < 4.78 is 8.61. The molecule has 30 heavy (non-hydrogen) atoms. The Labute approximate surface area is 179 Å². The number of nitrogens with zero attached hydrogens (tertiary/aromatic N) is 2. The highest BCUT2D eigenvalue weighted by molar-refractivity contribution is 7.17. The molecule has 0 radical (unpaired) electrons. The van der Waals surface area contributed by atoms with Gasteiger partial charge >= 0.3 is 0 Å². The van der Waals surface area contributed by atoms with Crippen molar-refractivity contribution >= 4 is 33.4 Å². The average Bonchev–Trinajstić information content (AvgIpc) is 3.42. The van der Waals surface area contributed by atoms with Crippen LogP contribution in [0.4, 0.5) is 0 Å². The standard InChI is InChI=1S/C23H27N3O3S/c1-23(22(28)24-16-7-4-2-3-5-8-16)15-25-18-10-12-30-20(18)13-19(25)21(27)26(23)14-17-9-6-11-29-17/h6,9-13,16H,2-5,7-8,14-15H2,1H3,(H,24,28)/t23-/m0/s1. The zero-order valence-electron chi connectivity index (χ0n) is 17.2. The van der Waals surface area contributed by atoms with E-state index in [0.717, 1.165) is 35.9 Å². The van der Waals surface area contributed by atoms with Crippen molar-refractivity contribution < 1.29 is 14.0 Å². The van der Waals surface area contributed by atoms with Crippen molar-refractivity contribution in [2.75, 3.05) is 0 Å². The molecule has 3 aromatic heterocycles. The molecule has 1 aliphatic heterocycles. The number of fused-ring (bicyclic) bond motifs is 3. The van der Waals surface area contributed by atoms with E-state index in [0.29, 0.717) is 18.0 Å². The van der Waals surface area contributed by atoms with Gasteiger partial charge in [0.1, 0.15) is 17.0 Å². The van der Waals surface area contributed by atoms with Crippen LogP contribution in [-0.2, 0) is 17.9 Å². The van der Waals surface area contributed by atoms with Gasteiger partial charge in [-0.3, -0.25) is 9.59 Å². The molecule has 1 atom stereocenters. The second kappa shape index (κ2) is 7.61. The molecule has 2 aliphatic rings. The van der Waals surface area contributed by atoms with Crippen LogP contribution < -0.4 is 5.32 Å². The van der Waals surface area contributed by atoms with Gasteiger partial charge in [-0.1, -0.05) is 25.7 Å². The summed E-state index contributed by atoms with van der Waals surface area (Å²) in [5.41, 5.74) is 0.675. The summed E-state index contributed by atoms with van der Waals surface area (Å²) in [5.74, 6) is 0.482. The van der Waals surface area contributed by atoms with Crippen LogP contribution in [-0.4, -0.2) is 32.9 Å². The Kier molecular flexibility index (Phi) is 4.93. The first-order chi connectivity index (χ1) is 14.6. The van der Waals surface area contributed by atoms with Gasteiger partial charge in [0.2, 0.25) is 5.91 Å². The molecule has 0 bridgehead atoms. The second-order valence-electron chi connectivity index (χ2n) is 8.69. The lowest BCUT2D eigenvalue weighted by atomic mass is 9.93. The first-order valence-corrected chi connectivity index (χ1v) is 11.7. The van der Waals surface area contributed by atoms with Crippen molar-refractivity contribution in [3.05, 3.63) is 47.4 Å². The quantitative estimate of drug-likeness (QED) is 0.624. The van der Waals surface area contributed by atoms with Crippen LogP contribution in [0.3, 0.4) is 0 Å². The van der Waals surface area contributed by atoms with E-state index in [1.54, 1.807) is 22.5 Å². The largest absolute Gasteiger partial charge is 0.467 e. The Hall–Kier alpha value is -2.54. The number of carbonyl (C=O) groups excluding carboxylic acids is 2. The molecule has 1 N–H and O–H groups in total. The third kappa shape index (κ3) is 3.25. The number of nitrogens with one attached hydrogen (secondary N) is 1. The van der Waals surface area contributed by atoms with Crippen molar-refractivity contribution in [2.45, 2.75) is 70.1 Å². The van der Waals surface area contributed by atoms with E-state index in [4.69, 9.17) is 4.42 Å². The van der Waals surface area contributed by atoms with Crippen LogP contribution in [0.15, 0.2) is 40.3 Å². The summed E-state index contributed by atoms with van der Waals surface area (Å²) in [6.45, 7) is 2.60. The van der Waals surface area contributed by atoms with Gasteiger partial charge in [-0.2, -0.15) is 0 Å². The molecule has 0 spiro atoms. The van der Waals surface area contributed by atoms with Gasteiger partial charge in [-0.15, -0.1) is 11.3 Å². The van der Waals surface area contributed by atoms with E-state index < -0.39 is 5.54 Å². The molecule has 0 unspecified atom stereocenters. The molecular weight excluding hydrogens is 398 g/mol. The highest BCUT2D eigenvalue weighted by Gasteiger charge is 2.48. The maximum absolute atomic E-state index is 13.6. The number of thiophene rings is 1. The van der Waals surface area contributed by atoms with E-state index in [-0.39, 0.29) is 24.4 Å². The molecule has 1 aliphatic carbocycles. The summed E-state index contributed by atoms with van der Waals surface area (Å²) in [5, 5.41) is 5.32. The Morgan fingerprint density at radius 1 is 1.27 bits per heavy atom. The molecule has 1 saturated carbocycles. The summed E-state index contributed by atoms with van der Waals surface area (Å²) >= 11 is 1.62. The molecule has 4 heterocycles. The number of hydrogen-bond donors (Lipinski definition) is 1. The number of furan rings is 1. The number of carbonyl (C=O) groups is 2. The molecule has 0 saturated heterocycles. The normalized spacial score (nSPS) is 22.8. The van der Waals surface area contributed by atoms with E-state index in [9.17, 15) is 9.59 Å². The predicted octanol–water partition coefficient (Wildman–Crippen LogP) is 4.55. The lowest BCUT2D eigenvalue weighted by Crippen LogP contribution is -2.64. The fraction of sp³-hybridized carbons (Fsp3) is 0.478. The van der Waals surface area contributed by atoms with Gasteiger partial charge in [-0.05, 0) is 49.4 Å².